The molecule has 0 bridgehead atoms. The Morgan fingerprint density at radius 2 is 2.15 bits per heavy atom. The minimum Gasteiger partial charge on any atom is -0.376 e. The molecule has 1 N–H and O–H groups in total. The van der Waals surface area contributed by atoms with Crippen LogP contribution in [0.5, 0.6) is 0 Å². The maximum Gasteiger partial charge on any atom is 0.161 e. The maximum atomic E-state index is 13.5. The van der Waals surface area contributed by atoms with Crippen LogP contribution in [-0.2, 0) is 17.8 Å². The Balaban J connectivity index is 2.14. The predicted molar refractivity (Wildman–Crippen MR) is 78.0 cm³/mol. The molecule has 104 valence electrons. The summed E-state index contributed by atoms with van der Waals surface area (Å²) in [7, 11) is 1.81. The minimum absolute atomic E-state index is 0.315. The van der Waals surface area contributed by atoms with Crippen LogP contribution in [0, 0.1) is 5.82 Å². The first-order valence-corrected chi connectivity index (χ1v) is 7.08. The van der Waals surface area contributed by atoms with Gasteiger partial charge in [-0.25, -0.2) is 14.4 Å². The van der Waals surface area contributed by atoms with E-state index in [4.69, 9.17) is 4.74 Å². The normalized spacial score (nSPS) is 13.9. The van der Waals surface area contributed by atoms with Crippen LogP contribution in [0.25, 0.3) is 11.4 Å². The van der Waals surface area contributed by atoms with Crippen molar-refractivity contribution in [3.8, 4) is 11.4 Å². The largest absolute Gasteiger partial charge is 0.376 e. The molecule has 1 aromatic heterocycles. The Labute approximate surface area is 124 Å². The highest BCUT2D eigenvalue weighted by molar-refractivity contribution is 9.10. The van der Waals surface area contributed by atoms with Crippen molar-refractivity contribution in [2.45, 2.75) is 13.0 Å². The van der Waals surface area contributed by atoms with Gasteiger partial charge in [0.15, 0.2) is 5.82 Å². The van der Waals surface area contributed by atoms with Crippen LogP contribution >= 0.6 is 15.9 Å². The van der Waals surface area contributed by atoms with E-state index in [2.05, 4.69) is 31.2 Å². The molecular weight excluding hydrogens is 325 g/mol. The fraction of sp³-hybridized carbons (Fsp3) is 0.286. The van der Waals surface area contributed by atoms with Crippen molar-refractivity contribution in [2.75, 3.05) is 19.0 Å². The van der Waals surface area contributed by atoms with Crippen LogP contribution in [0.2, 0.25) is 0 Å². The first-order valence-electron chi connectivity index (χ1n) is 6.29. The zero-order chi connectivity index (χ0) is 14.1. The van der Waals surface area contributed by atoms with Crippen molar-refractivity contribution in [1.29, 1.82) is 0 Å². The van der Waals surface area contributed by atoms with E-state index in [9.17, 15) is 4.39 Å². The summed E-state index contributed by atoms with van der Waals surface area (Å²) in [4.78, 5) is 9.02. The summed E-state index contributed by atoms with van der Waals surface area (Å²) in [5, 5.41) is 3.06. The molecule has 1 aromatic carbocycles. The van der Waals surface area contributed by atoms with E-state index in [1.54, 1.807) is 0 Å². The Morgan fingerprint density at radius 1 is 1.30 bits per heavy atom. The van der Waals surface area contributed by atoms with Crippen LogP contribution in [0.15, 0.2) is 22.7 Å². The highest BCUT2D eigenvalue weighted by Crippen LogP contribution is 2.27. The van der Waals surface area contributed by atoms with Gasteiger partial charge in [0.05, 0.1) is 18.9 Å². The van der Waals surface area contributed by atoms with Crippen molar-refractivity contribution in [2.24, 2.45) is 0 Å². The standard InChI is InChI=1S/C14H13BrFN3O/c1-17-14-11-7-20-3-2-12(11)18-13(19-14)8-4-9(15)6-10(16)5-8/h4-6H,2-3,7H2,1H3,(H,17,18,19). The van der Waals surface area contributed by atoms with Gasteiger partial charge in [0.1, 0.15) is 11.6 Å². The monoisotopic (exact) mass is 337 g/mol. The summed E-state index contributed by atoms with van der Waals surface area (Å²) in [5.74, 6) is 0.949. The number of hydrogen-bond acceptors (Lipinski definition) is 4. The van der Waals surface area contributed by atoms with Gasteiger partial charge in [0.2, 0.25) is 0 Å². The van der Waals surface area contributed by atoms with Crippen LogP contribution in [0.1, 0.15) is 11.3 Å². The van der Waals surface area contributed by atoms with Gasteiger partial charge in [-0.2, -0.15) is 0 Å². The lowest BCUT2D eigenvalue weighted by Crippen LogP contribution is -2.16. The molecule has 0 saturated carbocycles. The number of hydrogen-bond donors (Lipinski definition) is 1. The number of nitrogens with one attached hydrogen (secondary N) is 1. The molecule has 2 heterocycles. The molecule has 3 rings (SSSR count). The van der Waals surface area contributed by atoms with Crippen LogP contribution in [-0.4, -0.2) is 23.6 Å². The Kier molecular flexibility index (Phi) is 3.67. The number of rotatable bonds is 2. The zero-order valence-electron chi connectivity index (χ0n) is 10.9. The van der Waals surface area contributed by atoms with E-state index < -0.39 is 0 Å². The molecule has 0 aliphatic carbocycles. The molecule has 0 fully saturated rings. The molecule has 2 aromatic rings. The number of halogens is 2. The summed E-state index contributed by atoms with van der Waals surface area (Å²) in [5.41, 5.74) is 2.60. The predicted octanol–water partition coefficient (Wildman–Crippen LogP) is 3.16. The second-order valence-electron chi connectivity index (χ2n) is 4.53. The fourth-order valence-corrected chi connectivity index (χ4v) is 2.72. The van der Waals surface area contributed by atoms with Crippen molar-refractivity contribution in [3.63, 3.8) is 0 Å². The molecule has 0 radical (unpaired) electrons. The lowest BCUT2D eigenvalue weighted by atomic mass is 10.1. The average Bonchev–Trinajstić information content (AvgIpc) is 2.45. The number of ether oxygens (including phenoxy) is 1. The molecule has 1 aliphatic rings. The summed E-state index contributed by atoms with van der Waals surface area (Å²) in [6.45, 7) is 1.16. The number of benzene rings is 1. The topological polar surface area (TPSA) is 47.0 Å². The number of fused-ring (bicyclic) bond motifs is 1. The molecule has 20 heavy (non-hydrogen) atoms. The summed E-state index contributed by atoms with van der Waals surface area (Å²) < 4.78 is 19.6. The second-order valence-corrected chi connectivity index (χ2v) is 5.45. The van der Waals surface area contributed by atoms with E-state index in [1.165, 1.54) is 12.1 Å². The number of nitrogens with zero attached hydrogens (tertiary/aromatic N) is 2. The van der Waals surface area contributed by atoms with Crippen LogP contribution in [0.3, 0.4) is 0 Å². The SMILES string of the molecule is CNc1nc(-c2cc(F)cc(Br)c2)nc2c1COCC2. The van der Waals surface area contributed by atoms with E-state index in [0.717, 1.165) is 23.5 Å². The van der Waals surface area contributed by atoms with Gasteiger partial charge in [-0.05, 0) is 18.2 Å². The minimum atomic E-state index is -0.315. The Hall–Kier alpha value is -1.53. The van der Waals surface area contributed by atoms with E-state index in [1.807, 2.05) is 13.1 Å². The first-order chi connectivity index (χ1) is 9.67. The highest BCUT2D eigenvalue weighted by Gasteiger charge is 2.18. The lowest BCUT2D eigenvalue weighted by Gasteiger charge is -2.19. The molecule has 0 saturated heterocycles. The molecule has 4 nitrogen and oxygen atoms in total. The summed E-state index contributed by atoms with van der Waals surface area (Å²) in [6.07, 6.45) is 0.746. The van der Waals surface area contributed by atoms with Gasteiger partial charge in [-0.15, -0.1) is 0 Å². The van der Waals surface area contributed by atoms with Crippen molar-refractivity contribution >= 4 is 21.7 Å². The first kappa shape index (κ1) is 13.5. The van der Waals surface area contributed by atoms with Gasteiger partial charge < -0.3 is 10.1 Å². The number of anilines is 1. The van der Waals surface area contributed by atoms with Gasteiger partial charge in [0, 0.05) is 29.1 Å². The maximum absolute atomic E-state index is 13.5. The van der Waals surface area contributed by atoms with Gasteiger partial charge >= 0.3 is 0 Å². The van der Waals surface area contributed by atoms with Crippen molar-refractivity contribution in [3.05, 3.63) is 39.7 Å². The Bertz CT molecular complexity index is 626. The van der Waals surface area contributed by atoms with Gasteiger partial charge in [-0.3, -0.25) is 0 Å². The van der Waals surface area contributed by atoms with E-state index in [-0.39, 0.29) is 5.82 Å². The Morgan fingerprint density at radius 3 is 2.90 bits per heavy atom. The smallest absolute Gasteiger partial charge is 0.161 e. The lowest BCUT2D eigenvalue weighted by molar-refractivity contribution is 0.109. The molecule has 0 atom stereocenters. The third-order valence-electron chi connectivity index (χ3n) is 3.18. The third-order valence-corrected chi connectivity index (χ3v) is 3.64. The zero-order valence-corrected chi connectivity index (χ0v) is 12.5. The van der Waals surface area contributed by atoms with Crippen LogP contribution in [0.4, 0.5) is 10.2 Å². The van der Waals surface area contributed by atoms with Gasteiger partial charge in [-0.1, -0.05) is 15.9 Å². The van der Waals surface area contributed by atoms with Gasteiger partial charge in [0.25, 0.3) is 0 Å². The molecular formula is C14H13BrFN3O. The van der Waals surface area contributed by atoms with E-state index in [0.29, 0.717) is 29.1 Å². The fourth-order valence-electron chi connectivity index (χ4n) is 2.25. The van der Waals surface area contributed by atoms with E-state index >= 15 is 0 Å². The van der Waals surface area contributed by atoms with Crippen molar-refractivity contribution < 1.29 is 9.13 Å². The molecule has 0 spiro atoms. The summed E-state index contributed by atoms with van der Waals surface area (Å²) in [6, 6.07) is 4.66. The molecule has 0 amide bonds. The quantitative estimate of drug-likeness (QED) is 0.914. The molecule has 1 aliphatic heterocycles. The van der Waals surface area contributed by atoms with Crippen LogP contribution < -0.4 is 5.32 Å². The molecule has 0 unspecified atom stereocenters. The second kappa shape index (κ2) is 5.46. The number of aromatic nitrogens is 2. The average molecular weight is 338 g/mol. The third kappa shape index (κ3) is 2.53. The molecule has 6 heteroatoms. The van der Waals surface area contributed by atoms with Crippen molar-refractivity contribution in [1.82, 2.24) is 9.97 Å². The highest BCUT2D eigenvalue weighted by atomic mass is 79.9. The summed E-state index contributed by atoms with van der Waals surface area (Å²) >= 11 is 3.29.